The van der Waals surface area contributed by atoms with Gasteiger partial charge >= 0.3 is 0 Å². The molecule has 0 aliphatic carbocycles. The highest BCUT2D eigenvalue weighted by atomic mass is 32.1. The van der Waals surface area contributed by atoms with Gasteiger partial charge in [0.25, 0.3) is 0 Å². The van der Waals surface area contributed by atoms with Crippen LogP contribution in [0.1, 0.15) is 43.0 Å². The molecule has 0 unspecified atom stereocenters. The number of rotatable bonds is 6. The van der Waals surface area contributed by atoms with Crippen molar-refractivity contribution in [2.24, 2.45) is 0 Å². The summed E-state index contributed by atoms with van der Waals surface area (Å²) in [5.74, 6) is 0.267. The highest BCUT2D eigenvalue weighted by Crippen LogP contribution is 2.26. The first kappa shape index (κ1) is 18.2. The molecule has 2 aromatic rings. The molecule has 1 fully saturated rings. The van der Waals surface area contributed by atoms with Crippen LogP contribution in [0.4, 0.5) is 5.69 Å². The van der Waals surface area contributed by atoms with Crippen LogP contribution < -0.4 is 4.90 Å². The molecule has 1 aromatic carbocycles. The number of benzene rings is 1. The summed E-state index contributed by atoms with van der Waals surface area (Å²) >= 11 is 1.83. The first-order chi connectivity index (χ1) is 12.2. The maximum atomic E-state index is 12.8. The van der Waals surface area contributed by atoms with Crippen molar-refractivity contribution in [1.82, 2.24) is 4.90 Å². The van der Waals surface area contributed by atoms with Gasteiger partial charge in [0.05, 0.1) is 0 Å². The summed E-state index contributed by atoms with van der Waals surface area (Å²) in [6.07, 6.45) is 3.63. The molecule has 0 radical (unpaired) electrons. The Morgan fingerprint density at radius 3 is 2.52 bits per heavy atom. The fourth-order valence-electron chi connectivity index (χ4n) is 3.56. The summed E-state index contributed by atoms with van der Waals surface area (Å²) < 4.78 is 0. The van der Waals surface area contributed by atoms with Crippen molar-refractivity contribution in [2.45, 2.75) is 52.1 Å². The van der Waals surface area contributed by atoms with Crippen molar-refractivity contribution in [3.63, 3.8) is 0 Å². The number of hydrogen-bond donors (Lipinski definition) is 0. The van der Waals surface area contributed by atoms with Gasteiger partial charge in [0.1, 0.15) is 0 Å². The van der Waals surface area contributed by atoms with Gasteiger partial charge in [-0.3, -0.25) is 9.69 Å². The molecule has 25 heavy (non-hydrogen) atoms. The lowest BCUT2D eigenvalue weighted by molar-refractivity contribution is -0.119. The second-order valence-electron chi connectivity index (χ2n) is 6.94. The first-order valence-corrected chi connectivity index (χ1v) is 10.2. The molecule has 3 nitrogen and oxygen atoms in total. The number of hydrogen-bond acceptors (Lipinski definition) is 3. The number of nitrogens with zero attached hydrogens (tertiary/aromatic N) is 2. The van der Waals surface area contributed by atoms with Gasteiger partial charge in [-0.15, -0.1) is 11.3 Å². The molecule has 2 heterocycles. The van der Waals surface area contributed by atoms with Gasteiger partial charge in [-0.1, -0.05) is 30.7 Å². The molecule has 1 aliphatic rings. The van der Waals surface area contributed by atoms with Crippen LogP contribution in [0.5, 0.6) is 0 Å². The Kier molecular flexibility index (Phi) is 6.27. The van der Waals surface area contributed by atoms with Crippen LogP contribution in [0.3, 0.4) is 0 Å². The van der Waals surface area contributed by atoms with Crippen molar-refractivity contribution in [2.75, 3.05) is 18.0 Å². The van der Waals surface area contributed by atoms with Gasteiger partial charge < -0.3 is 4.90 Å². The Bertz CT molecular complexity index is 658. The quantitative estimate of drug-likeness (QED) is 0.738. The maximum absolute atomic E-state index is 12.8. The van der Waals surface area contributed by atoms with E-state index >= 15 is 0 Å². The SMILES string of the molecule is CCCC(=O)N(c1ccc(C)cc1)C1CCN(Cc2cccs2)CC1. The van der Waals surface area contributed by atoms with Gasteiger partial charge in [-0.05, 0) is 49.8 Å². The molecule has 0 spiro atoms. The van der Waals surface area contributed by atoms with E-state index in [0.717, 1.165) is 44.6 Å². The molecule has 0 bridgehead atoms. The Balaban J connectivity index is 1.67. The van der Waals surface area contributed by atoms with Crippen molar-refractivity contribution < 1.29 is 4.79 Å². The Morgan fingerprint density at radius 1 is 1.20 bits per heavy atom. The normalized spacial score (nSPS) is 16.1. The third-order valence-corrected chi connectivity index (χ3v) is 5.79. The Morgan fingerprint density at radius 2 is 1.92 bits per heavy atom. The van der Waals surface area contributed by atoms with E-state index in [1.54, 1.807) is 0 Å². The lowest BCUT2D eigenvalue weighted by Crippen LogP contribution is -2.47. The molecule has 3 rings (SSSR count). The van der Waals surface area contributed by atoms with Crippen LogP contribution in [0, 0.1) is 6.92 Å². The molecule has 1 saturated heterocycles. The average molecular weight is 357 g/mol. The summed E-state index contributed by atoms with van der Waals surface area (Å²) in [6.45, 7) is 7.33. The largest absolute Gasteiger partial charge is 0.309 e. The van der Waals surface area contributed by atoms with Crippen LogP contribution in [0.15, 0.2) is 41.8 Å². The number of aryl methyl sites for hydroxylation is 1. The van der Waals surface area contributed by atoms with E-state index in [9.17, 15) is 4.79 Å². The lowest BCUT2D eigenvalue weighted by atomic mass is 10.0. The minimum absolute atomic E-state index is 0.267. The van der Waals surface area contributed by atoms with Crippen molar-refractivity contribution in [3.05, 3.63) is 52.2 Å². The second-order valence-corrected chi connectivity index (χ2v) is 7.97. The molecule has 0 N–H and O–H groups in total. The number of amides is 1. The van der Waals surface area contributed by atoms with Gasteiger partial charge in [-0.25, -0.2) is 0 Å². The Hall–Kier alpha value is -1.65. The number of piperidine rings is 1. The number of carbonyl (C=O) groups excluding carboxylic acids is 1. The third-order valence-electron chi connectivity index (χ3n) is 4.93. The smallest absolute Gasteiger partial charge is 0.227 e. The maximum Gasteiger partial charge on any atom is 0.227 e. The molecule has 134 valence electrons. The van der Waals surface area contributed by atoms with Gasteiger partial charge in [0.15, 0.2) is 0 Å². The lowest BCUT2D eigenvalue weighted by Gasteiger charge is -2.38. The zero-order valence-corrected chi connectivity index (χ0v) is 16.1. The van der Waals surface area contributed by atoms with Crippen LogP contribution in [0.2, 0.25) is 0 Å². The van der Waals surface area contributed by atoms with E-state index in [1.807, 2.05) is 11.3 Å². The molecule has 1 amide bonds. The summed E-state index contributed by atoms with van der Waals surface area (Å²) in [5.41, 5.74) is 2.29. The van der Waals surface area contributed by atoms with Crippen LogP contribution in [-0.2, 0) is 11.3 Å². The second kappa shape index (κ2) is 8.63. The van der Waals surface area contributed by atoms with Crippen LogP contribution in [-0.4, -0.2) is 29.9 Å². The summed E-state index contributed by atoms with van der Waals surface area (Å²) in [7, 11) is 0. The van der Waals surface area contributed by atoms with E-state index in [-0.39, 0.29) is 5.91 Å². The zero-order valence-electron chi connectivity index (χ0n) is 15.3. The van der Waals surface area contributed by atoms with Gasteiger partial charge in [-0.2, -0.15) is 0 Å². The molecule has 4 heteroatoms. The molecule has 1 aromatic heterocycles. The fraction of sp³-hybridized carbons (Fsp3) is 0.476. The van der Waals surface area contributed by atoms with Gasteiger partial charge in [0, 0.05) is 42.7 Å². The molecule has 0 saturated carbocycles. The van der Waals surface area contributed by atoms with Crippen molar-refractivity contribution in [1.29, 1.82) is 0 Å². The van der Waals surface area contributed by atoms with E-state index < -0.39 is 0 Å². The zero-order chi connectivity index (χ0) is 17.6. The number of likely N-dealkylation sites (tertiary alicyclic amines) is 1. The van der Waals surface area contributed by atoms with Crippen molar-refractivity contribution in [3.8, 4) is 0 Å². The third kappa shape index (κ3) is 4.71. The van der Waals surface area contributed by atoms with Gasteiger partial charge in [0.2, 0.25) is 5.91 Å². The predicted molar refractivity (Wildman–Crippen MR) is 106 cm³/mol. The topological polar surface area (TPSA) is 23.6 Å². The molecule has 1 aliphatic heterocycles. The number of anilines is 1. The predicted octanol–water partition coefficient (Wildman–Crippen LogP) is 4.85. The minimum atomic E-state index is 0.267. The number of carbonyl (C=O) groups is 1. The van der Waals surface area contributed by atoms with E-state index in [1.165, 1.54) is 10.4 Å². The average Bonchev–Trinajstić information content (AvgIpc) is 3.12. The van der Waals surface area contributed by atoms with Crippen molar-refractivity contribution >= 4 is 22.9 Å². The molecular formula is C21H28N2OS. The highest BCUT2D eigenvalue weighted by molar-refractivity contribution is 7.09. The molecular weight excluding hydrogens is 328 g/mol. The minimum Gasteiger partial charge on any atom is -0.309 e. The van der Waals surface area contributed by atoms with E-state index in [0.29, 0.717) is 12.5 Å². The monoisotopic (exact) mass is 356 g/mol. The fourth-order valence-corrected chi connectivity index (χ4v) is 4.30. The molecule has 0 atom stereocenters. The van der Waals surface area contributed by atoms with Crippen LogP contribution in [0.25, 0.3) is 0 Å². The van der Waals surface area contributed by atoms with E-state index in [2.05, 4.69) is 65.4 Å². The Labute approximate surface area is 155 Å². The highest BCUT2D eigenvalue weighted by Gasteiger charge is 2.28. The standard InChI is InChI=1S/C21H28N2OS/c1-3-5-21(24)23(18-9-7-17(2)8-10-18)19-11-13-22(14-12-19)16-20-6-4-15-25-20/h4,6-10,15,19H,3,5,11-14,16H2,1-2H3. The summed E-state index contributed by atoms with van der Waals surface area (Å²) in [6, 6.07) is 13.1. The summed E-state index contributed by atoms with van der Waals surface area (Å²) in [5, 5.41) is 2.14. The van der Waals surface area contributed by atoms with Crippen LogP contribution >= 0.6 is 11.3 Å². The summed E-state index contributed by atoms with van der Waals surface area (Å²) in [4.78, 5) is 18.8. The number of thiophene rings is 1. The van der Waals surface area contributed by atoms with E-state index in [4.69, 9.17) is 0 Å². The first-order valence-electron chi connectivity index (χ1n) is 9.31.